The second kappa shape index (κ2) is 9.16. The van der Waals surface area contributed by atoms with Crippen LogP contribution in [0.15, 0.2) is 46.4 Å². The molecule has 31 heavy (non-hydrogen) atoms. The summed E-state index contributed by atoms with van der Waals surface area (Å²) >= 11 is 17.0. The third-order valence-electron chi connectivity index (χ3n) is 4.71. The fourth-order valence-electron chi connectivity index (χ4n) is 3.09. The summed E-state index contributed by atoms with van der Waals surface area (Å²) in [5.41, 5.74) is 3.76. The number of amides is 1. The van der Waals surface area contributed by atoms with Crippen molar-refractivity contribution in [1.82, 2.24) is 19.6 Å². The van der Waals surface area contributed by atoms with Crippen molar-refractivity contribution in [2.24, 2.45) is 0 Å². The average molecular weight is 539 g/mol. The van der Waals surface area contributed by atoms with Gasteiger partial charge in [0, 0.05) is 11.2 Å². The van der Waals surface area contributed by atoms with Gasteiger partial charge in [-0.25, -0.2) is 0 Å². The number of aromatic nitrogens is 4. The van der Waals surface area contributed by atoms with E-state index in [2.05, 4.69) is 31.4 Å². The van der Waals surface area contributed by atoms with Gasteiger partial charge in [-0.1, -0.05) is 35.3 Å². The summed E-state index contributed by atoms with van der Waals surface area (Å²) in [5, 5.41) is 15.1. The van der Waals surface area contributed by atoms with E-state index in [-0.39, 0.29) is 5.91 Å². The van der Waals surface area contributed by atoms with Crippen molar-refractivity contribution in [3.05, 3.63) is 83.8 Å². The highest BCUT2D eigenvalue weighted by molar-refractivity contribution is 9.10. The molecular formula is C21H18BrCl2N5OS. The summed E-state index contributed by atoms with van der Waals surface area (Å²) in [6, 6.07) is 9.43. The predicted molar refractivity (Wildman–Crippen MR) is 129 cm³/mol. The number of anilines is 1. The summed E-state index contributed by atoms with van der Waals surface area (Å²) in [4.78, 5) is 13.3. The molecule has 0 unspecified atom stereocenters. The van der Waals surface area contributed by atoms with Crippen LogP contribution in [0.4, 0.5) is 5.82 Å². The lowest BCUT2D eigenvalue weighted by atomic mass is 10.2. The molecule has 0 spiro atoms. The monoisotopic (exact) mass is 537 g/mol. The Morgan fingerprint density at radius 3 is 2.55 bits per heavy atom. The SMILES string of the molecule is Cc1nn(Cc2csc(C(=O)Nc3nn(Cc4ccc(Cl)cc4)cc3Br)c2)c(C)c1Cl. The smallest absolute Gasteiger partial charge is 0.266 e. The van der Waals surface area contributed by atoms with Gasteiger partial charge >= 0.3 is 0 Å². The minimum Gasteiger partial charge on any atom is -0.303 e. The molecule has 0 fully saturated rings. The molecule has 0 radical (unpaired) electrons. The van der Waals surface area contributed by atoms with Crippen LogP contribution in [0.2, 0.25) is 10.0 Å². The predicted octanol–water partition coefficient (Wildman–Crippen LogP) is 6.18. The number of nitrogens with one attached hydrogen (secondary N) is 1. The minimum absolute atomic E-state index is 0.208. The number of hydrogen-bond acceptors (Lipinski definition) is 4. The van der Waals surface area contributed by atoms with Crippen LogP contribution in [0.5, 0.6) is 0 Å². The van der Waals surface area contributed by atoms with Crippen molar-refractivity contribution >= 4 is 62.2 Å². The van der Waals surface area contributed by atoms with Gasteiger partial charge in [0.05, 0.1) is 38.8 Å². The molecule has 6 nitrogen and oxygen atoms in total. The van der Waals surface area contributed by atoms with Crippen LogP contribution < -0.4 is 5.32 Å². The number of rotatable bonds is 6. The van der Waals surface area contributed by atoms with Gasteiger partial charge in [0.1, 0.15) is 0 Å². The van der Waals surface area contributed by atoms with E-state index in [1.54, 1.807) is 4.68 Å². The van der Waals surface area contributed by atoms with E-state index in [0.717, 1.165) is 22.5 Å². The Morgan fingerprint density at radius 2 is 1.87 bits per heavy atom. The molecule has 3 aromatic heterocycles. The number of benzene rings is 1. The molecule has 3 heterocycles. The molecule has 1 N–H and O–H groups in total. The number of halogens is 3. The maximum atomic E-state index is 12.7. The molecule has 0 saturated carbocycles. The van der Waals surface area contributed by atoms with Crippen molar-refractivity contribution in [2.75, 3.05) is 5.32 Å². The van der Waals surface area contributed by atoms with E-state index in [9.17, 15) is 4.79 Å². The quantitative estimate of drug-likeness (QED) is 0.319. The first-order valence-corrected chi connectivity index (χ1v) is 11.8. The van der Waals surface area contributed by atoms with E-state index >= 15 is 0 Å². The first-order chi connectivity index (χ1) is 14.8. The molecule has 4 rings (SSSR count). The zero-order valence-electron chi connectivity index (χ0n) is 16.7. The van der Waals surface area contributed by atoms with Crippen LogP contribution >= 0.6 is 50.5 Å². The maximum Gasteiger partial charge on any atom is 0.266 e. The summed E-state index contributed by atoms with van der Waals surface area (Å²) < 4.78 is 4.31. The number of carbonyl (C=O) groups is 1. The van der Waals surface area contributed by atoms with Gasteiger partial charge in [-0.05, 0) is 64.5 Å². The maximum absolute atomic E-state index is 12.7. The van der Waals surface area contributed by atoms with Gasteiger partial charge in [-0.2, -0.15) is 10.2 Å². The fraction of sp³-hybridized carbons (Fsp3) is 0.190. The zero-order valence-corrected chi connectivity index (χ0v) is 20.6. The molecule has 0 aliphatic rings. The van der Waals surface area contributed by atoms with Crippen LogP contribution in [0.25, 0.3) is 0 Å². The van der Waals surface area contributed by atoms with Gasteiger partial charge in [0.2, 0.25) is 0 Å². The van der Waals surface area contributed by atoms with E-state index in [1.807, 2.05) is 60.4 Å². The number of carbonyl (C=O) groups excluding carboxylic acids is 1. The Labute approximate surface area is 201 Å². The van der Waals surface area contributed by atoms with Crippen LogP contribution in [-0.4, -0.2) is 25.5 Å². The Kier molecular flexibility index (Phi) is 6.52. The van der Waals surface area contributed by atoms with E-state index < -0.39 is 0 Å². The molecule has 0 aliphatic heterocycles. The molecule has 1 aromatic carbocycles. The molecular weight excluding hydrogens is 521 g/mol. The summed E-state index contributed by atoms with van der Waals surface area (Å²) in [6.45, 7) is 4.94. The van der Waals surface area contributed by atoms with Gasteiger partial charge in [-0.3, -0.25) is 14.2 Å². The third kappa shape index (κ3) is 5.03. The van der Waals surface area contributed by atoms with Crippen molar-refractivity contribution in [2.45, 2.75) is 26.9 Å². The largest absolute Gasteiger partial charge is 0.303 e. The minimum atomic E-state index is -0.208. The number of nitrogens with zero attached hydrogens (tertiary/aromatic N) is 4. The summed E-state index contributed by atoms with van der Waals surface area (Å²) in [6.07, 6.45) is 1.83. The van der Waals surface area contributed by atoms with Gasteiger partial charge < -0.3 is 5.32 Å². The van der Waals surface area contributed by atoms with Crippen molar-refractivity contribution < 1.29 is 4.79 Å². The van der Waals surface area contributed by atoms with Crippen molar-refractivity contribution in [3.8, 4) is 0 Å². The molecule has 160 valence electrons. The zero-order chi connectivity index (χ0) is 22.1. The average Bonchev–Trinajstić information content (AvgIpc) is 3.40. The fourth-order valence-corrected chi connectivity index (χ4v) is 4.56. The number of aryl methyl sites for hydroxylation is 1. The number of hydrogen-bond donors (Lipinski definition) is 1. The van der Waals surface area contributed by atoms with Gasteiger partial charge in [0.25, 0.3) is 5.91 Å². The van der Waals surface area contributed by atoms with E-state index in [4.69, 9.17) is 23.2 Å². The third-order valence-corrected chi connectivity index (χ3v) is 7.07. The second-order valence-corrected chi connectivity index (χ2v) is 9.65. The summed E-state index contributed by atoms with van der Waals surface area (Å²) in [7, 11) is 0. The van der Waals surface area contributed by atoms with Crippen molar-refractivity contribution in [1.29, 1.82) is 0 Å². The normalized spacial score (nSPS) is 11.1. The van der Waals surface area contributed by atoms with Crippen LogP contribution in [-0.2, 0) is 13.1 Å². The first kappa shape index (κ1) is 22.1. The van der Waals surface area contributed by atoms with Crippen molar-refractivity contribution in [3.63, 3.8) is 0 Å². The van der Waals surface area contributed by atoms with E-state index in [1.165, 1.54) is 11.3 Å². The molecule has 0 saturated heterocycles. The summed E-state index contributed by atoms with van der Waals surface area (Å²) in [5.74, 6) is 0.263. The molecule has 0 bridgehead atoms. The van der Waals surface area contributed by atoms with Crippen LogP contribution in [0, 0.1) is 13.8 Å². The highest BCUT2D eigenvalue weighted by Crippen LogP contribution is 2.25. The van der Waals surface area contributed by atoms with Crippen LogP contribution in [0.3, 0.4) is 0 Å². The second-order valence-electron chi connectivity index (χ2n) is 7.07. The van der Waals surface area contributed by atoms with E-state index in [0.29, 0.717) is 38.3 Å². The highest BCUT2D eigenvalue weighted by atomic mass is 79.9. The topological polar surface area (TPSA) is 64.7 Å². The first-order valence-electron chi connectivity index (χ1n) is 9.36. The molecule has 0 atom stereocenters. The highest BCUT2D eigenvalue weighted by Gasteiger charge is 2.16. The Bertz CT molecular complexity index is 1250. The standard InChI is InChI=1S/C21H18BrCl2N5OS/c1-12-19(24)13(2)29(26-12)9-15-7-18(31-11-15)21(30)25-20-17(22)10-28(27-20)8-14-3-5-16(23)6-4-14/h3-7,10-11H,8-9H2,1-2H3,(H,25,27,30). The van der Waals surface area contributed by atoms with Gasteiger partial charge in [-0.15, -0.1) is 11.3 Å². The Balaban J connectivity index is 1.43. The lowest BCUT2D eigenvalue weighted by Crippen LogP contribution is -2.12. The molecule has 1 amide bonds. The lowest BCUT2D eigenvalue weighted by molar-refractivity contribution is 0.103. The van der Waals surface area contributed by atoms with Gasteiger partial charge in [0.15, 0.2) is 5.82 Å². The number of thiophene rings is 1. The Morgan fingerprint density at radius 1 is 1.13 bits per heavy atom. The van der Waals surface area contributed by atoms with Crippen LogP contribution in [0.1, 0.15) is 32.2 Å². The molecule has 4 aromatic rings. The lowest BCUT2D eigenvalue weighted by Gasteiger charge is -2.03. The molecule has 10 heteroatoms. The Hall–Kier alpha value is -2.13. The molecule has 0 aliphatic carbocycles.